The molecule has 0 aliphatic heterocycles. The second-order valence-electron chi connectivity index (χ2n) is 6.74. The average molecular weight is 368 g/mol. The van der Waals surface area contributed by atoms with Crippen LogP contribution in [0.2, 0.25) is 0 Å². The standard InChI is InChI=1S/C18H19F3N2O3/c1-17(2,3)11-4-6-13(7-5-11)26-10-15(24)23-14-8-12(18(19,20)21)9-22-16(14)25/h4-9H,10H2,1-3H3,(H,22,25)(H,23,24). The van der Waals surface area contributed by atoms with Crippen LogP contribution < -0.4 is 15.6 Å². The monoisotopic (exact) mass is 368 g/mol. The zero-order chi connectivity index (χ0) is 19.5. The molecule has 0 radical (unpaired) electrons. The van der Waals surface area contributed by atoms with Crippen LogP contribution in [0.5, 0.6) is 5.75 Å². The third-order valence-corrected chi connectivity index (χ3v) is 3.59. The van der Waals surface area contributed by atoms with Crippen molar-refractivity contribution < 1.29 is 22.7 Å². The number of aromatic amines is 1. The van der Waals surface area contributed by atoms with E-state index < -0.39 is 35.5 Å². The van der Waals surface area contributed by atoms with E-state index in [4.69, 9.17) is 4.74 Å². The summed E-state index contributed by atoms with van der Waals surface area (Å²) in [6.07, 6.45) is -4.08. The van der Waals surface area contributed by atoms with Crippen molar-refractivity contribution in [3.63, 3.8) is 0 Å². The van der Waals surface area contributed by atoms with E-state index in [2.05, 4.69) is 26.1 Å². The van der Waals surface area contributed by atoms with Crippen LogP contribution >= 0.6 is 0 Å². The summed E-state index contributed by atoms with van der Waals surface area (Å²) in [4.78, 5) is 25.4. The van der Waals surface area contributed by atoms with E-state index in [0.29, 0.717) is 18.0 Å². The number of halogens is 3. The molecule has 2 aromatic rings. The largest absolute Gasteiger partial charge is 0.484 e. The highest BCUT2D eigenvalue weighted by molar-refractivity contribution is 5.91. The Balaban J connectivity index is 2.00. The Labute approximate surface area is 148 Å². The minimum Gasteiger partial charge on any atom is -0.484 e. The number of carbonyl (C=O) groups is 1. The average Bonchev–Trinajstić information content (AvgIpc) is 2.53. The lowest BCUT2D eigenvalue weighted by atomic mass is 9.87. The Hall–Kier alpha value is -2.77. The van der Waals surface area contributed by atoms with Crippen LogP contribution in [0.15, 0.2) is 41.3 Å². The number of hydrogen-bond donors (Lipinski definition) is 2. The van der Waals surface area contributed by atoms with Gasteiger partial charge in [-0.15, -0.1) is 0 Å². The molecule has 0 fully saturated rings. The van der Waals surface area contributed by atoms with Gasteiger partial charge in [0.05, 0.1) is 5.56 Å². The molecule has 1 heterocycles. The number of ether oxygens (including phenoxy) is 1. The first kappa shape index (κ1) is 19.6. The summed E-state index contributed by atoms with van der Waals surface area (Å²) in [5, 5.41) is 2.12. The summed E-state index contributed by atoms with van der Waals surface area (Å²) in [7, 11) is 0. The van der Waals surface area contributed by atoms with Crippen molar-refractivity contribution in [1.29, 1.82) is 0 Å². The summed E-state index contributed by atoms with van der Waals surface area (Å²) < 4.78 is 43.3. The molecule has 1 aromatic heterocycles. The molecule has 0 saturated heterocycles. The number of nitrogens with one attached hydrogen (secondary N) is 2. The molecular formula is C18H19F3N2O3. The van der Waals surface area contributed by atoms with Gasteiger partial charge in [0.15, 0.2) is 6.61 Å². The maximum atomic E-state index is 12.7. The Morgan fingerprint density at radius 2 is 1.73 bits per heavy atom. The molecule has 0 atom stereocenters. The summed E-state index contributed by atoms with van der Waals surface area (Å²) in [5.74, 6) is -0.305. The highest BCUT2D eigenvalue weighted by Crippen LogP contribution is 2.29. The van der Waals surface area contributed by atoms with E-state index in [0.717, 1.165) is 5.56 Å². The number of pyridine rings is 1. The van der Waals surface area contributed by atoms with Gasteiger partial charge in [0, 0.05) is 6.20 Å². The molecule has 0 spiro atoms. The molecule has 26 heavy (non-hydrogen) atoms. The van der Waals surface area contributed by atoms with Gasteiger partial charge in [0.1, 0.15) is 11.4 Å². The van der Waals surface area contributed by atoms with Crippen molar-refractivity contribution in [2.24, 2.45) is 0 Å². The van der Waals surface area contributed by atoms with Crippen molar-refractivity contribution in [1.82, 2.24) is 4.98 Å². The van der Waals surface area contributed by atoms with Crippen molar-refractivity contribution in [2.45, 2.75) is 32.4 Å². The van der Waals surface area contributed by atoms with E-state index in [9.17, 15) is 22.8 Å². The molecule has 5 nitrogen and oxygen atoms in total. The maximum Gasteiger partial charge on any atom is 0.417 e. The van der Waals surface area contributed by atoms with Gasteiger partial charge in [-0.25, -0.2) is 0 Å². The molecule has 0 aliphatic rings. The molecular weight excluding hydrogens is 349 g/mol. The van der Waals surface area contributed by atoms with Crippen LogP contribution in [-0.4, -0.2) is 17.5 Å². The number of H-pyrrole nitrogens is 1. The van der Waals surface area contributed by atoms with Crippen molar-refractivity contribution in [3.8, 4) is 5.75 Å². The Bertz CT molecular complexity index is 834. The third-order valence-electron chi connectivity index (χ3n) is 3.59. The molecule has 2 rings (SSSR count). The number of aromatic nitrogens is 1. The quantitative estimate of drug-likeness (QED) is 0.864. The zero-order valence-electron chi connectivity index (χ0n) is 14.5. The number of benzene rings is 1. The second kappa shape index (κ2) is 7.23. The number of amides is 1. The third kappa shape index (κ3) is 5.11. The number of rotatable bonds is 4. The molecule has 8 heteroatoms. The van der Waals surface area contributed by atoms with Crippen molar-refractivity contribution >= 4 is 11.6 Å². The molecule has 1 amide bonds. The summed E-state index contributed by atoms with van der Waals surface area (Å²) in [6, 6.07) is 7.71. The first-order valence-corrected chi connectivity index (χ1v) is 7.80. The van der Waals surface area contributed by atoms with Gasteiger partial charge in [0.25, 0.3) is 11.5 Å². The fourth-order valence-electron chi connectivity index (χ4n) is 2.13. The minimum absolute atomic E-state index is 0.0273. The molecule has 0 unspecified atom stereocenters. The smallest absolute Gasteiger partial charge is 0.417 e. The second-order valence-corrected chi connectivity index (χ2v) is 6.74. The van der Waals surface area contributed by atoms with E-state index in [1.54, 1.807) is 12.1 Å². The molecule has 0 bridgehead atoms. The molecule has 140 valence electrons. The lowest BCUT2D eigenvalue weighted by Crippen LogP contribution is -2.25. The van der Waals surface area contributed by atoms with Gasteiger partial charge in [-0.2, -0.15) is 13.2 Å². The van der Waals surface area contributed by atoms with Gasteiger partial charge in [-0.05, 0) is 29.2 Å². The maximum absolute atomic E-state index is 12.7. The van der Waals surface area contributed by atoms with Crippen molar-refractivity contribution in [3.05, 3.63) is 58.0 Å². The predicted molar refractivity (Wildman–Crippen MR) is 91.3 cm³/mol. The van der Waals surface area contributed by atoms with E-state index in [-0.39, 0.29) is 5.41 Å². The van der Waals surface area contributed by atoms with Gasteiger partial charge in [-0.3, -0.25) is 9.59 Å². The molecule has 0 saturated carbocycles. The van der Waals surface area contributed by atoms with Gasteiger partial charge in [-0.1, -0.05) is 32.9 Å². The molecule has 2 N–H and O–H groups in total. The highest BCUT2D eigenvalue weighted by atomic mass is 19.4. The lowest BCUT2D eigenvalue weighted by molar-refractivity contribution is -0.137. The van der Waals surface area contributed by atoms with Crippen LogP contribution in [0.25, 0.3) is 0 Å². The lowest BCUT2D eigenvalue weighted by Gasteiger charge is -2.19. The van der Waals surface area contributed by atoms with E-state index in [1.807, 2.05) is 17.1 Å². The normalized spacial score (nSPS) is 11.9. The van der Waals surface area contributed by atoms with Crippen LogP contribution in [0.1, 0.15) is 31.9 Å². The highest BCUT2D eigenvalue weighted by Gasteiger charge is 2.31. The molecule has 0 aliphatic carbocycles. The Morgan fingerprint density at radius 3 is 2.27 bits per heavy atom. The van der Waals surface area contributed by atoms with E-state index in [1.165, 1.54) is 0 Å². The number of anilines is 1. The minimum atomic E-state index is -4.63. The first-order valence-electron chi connectivity index (χ1n) is 7.80. The van der Waals surface area contributed by atoms with Crippen LogP contribution in [-0.2, 0) is 16.4 Å². The Morgan fingerprint density at radius 1 is 1.12 bits per heavy atom. The van der Waals surface area contributed by atoms with Crippen LogP contribution in [0.4, 0.5) is 18.9 Å². The summed E-state index contributed by atoms with van der Waals surface area (Å²) in [6.45, 7) is 5.74. The predicted octanol–water partition coefficient (Wildman–Crippen LogP) is 3.71. The first-order chi connectivity index (χ1) is 12.0. The zero-order valence-corrected chi connectivity index (χ0v) is 14.5. The fraction of sp³-hybridized carbons (Fsp3) is 0.333. The molecule has 1 aromatic carbocycles. The fourth-order valence-corrected chi connectivity index (χ4v) is 2.13. The van der Waals surface area contributed by atoms with Crippen LogP contribution in [0, 0.1) is 0 Å². The SMILES string of the molecule is CC(C)(C)c1ccc(OCC(=O)Nc2cc(C(F)(F)F)c[nH]c2=O)cc1. The summed E-state index contributed by atoms with van der Waals surface area (Å²) in [5.41, 5.74) is -1.33. The summed E-state index contributed by atoms with van der Waals surface area (Å²) >= 11 is 0. The van der Waals surface area contributed by atoms with Gasteiger partial charge < -0.3 is 15.0 Å². The number of carbonyl (C=O) groups excluding carboxylic acids is 1. The Kier molecular flexibility index (Phi) is 5.44. The van der Waals surface area contributed by atoms with Crippen LogP contribution in [0.3, 0.4) is 0 Å². The van der Waals surface area contributed by atoms with E-state index >= 15 is 0 Å². The van der Waals surface area contributed by atoms with Gasteiger partial charge >= 0.3 is 6.18 Å². The topological polar surface area (TPSA) is 71.2 Å². The van der Waals surface area contributed by atoms with Crippen molar-refractivity contribution in [2.75, 3.05) is 11.9 Å². The number of hydrogen-bond acceptors (Lipinski definition) is 3. The number of alkyl halides is 3. The van der Waals surface area contributed by atoms with Gasteiger partial charge in [0.2, 0.25) is 0 Å².